The van der Waals surface area contributed by atoms with Gasteiger partial charge in [-0.05, 0) is 42.9 Å². The zero-order valence-corrected chi connectivity index (χ0v) is 12.5. The standard InChI is InChI=1S/C17H23NO3/c1-21-15-6-4-13(5-7-15)8-10-18-11-14-3-2-9-17(14,12-18)16(19)20/h4-7,14H,2-3,8-12H2,1H3,(H,19,20)/t14-,17+/m0/s1. The summed E-state index contributed by atoms with van der Waals surface area (Å²) in [4.78, 5) is 14.0. The molecule has 1 aromatic rings. The van der Waals surface area contributed by atoms with E-state index in [2.05, 4.69) is 17.0 Å². The van der Waals surface area contributed by atoms with Gasteiger partial charge in [0.25, 0.3) is 0 Å². The van der Waals surface area contributed by atoms with Crippen LogP contribution in [0.3, 0.4) is 0 Å². The Hall–Kier alpha value is -1.55. The van der Waals surface area contributed by atoms with Crippen LogP contribution in [-0.4, -0.2) is 42.7 Å². The lowest BCUT2D eigenvalue weighted by atomic mass is 9.81. The van der Waals surface area contributed by atoms with Crippen molar-refractivity contribution in [3.8, 4) is 5.75 Å². The first kappa shape index (κ1) is 14.4. The average Bonchev–Trinajstić information content (AvgIpc) is 3.03. The van der Waals surface area contributed by atoms with Gasteiger partial charge in [0.1, 0.15) is 5.75 Å². The topological polar surface area (TPSA) is 49.8 Å². The molecular weight excluding hydrogens is 266 g/mol. The van der Waals surface area contributed by atoms with Crippen LogP contribution in [0.2, 0.25) is 0 Å². The van der Waals surface area contributed by atoms with E-state index in [1.165, 1.54) is 5.56 Å². The molecule has 0 unspecified atom stereocenters. The van der Waals surface area contributed by atoms with Crippen LogP contribution < -0.4 is 4.74 Å². The number of hydrogen-bond donors (Lipinski definition) is 1. The first-order valence-electron chi connectivity index (χ1n) is 7.73. The van der Waals surface area contributed by atoms with E-state index in [1.807, 2.05) is 12.1 Å². The van der Waals surface area contributed by atoms with Crippen LogP contribution in [0.1, 0.15) is 24.8 Å². The number of aliphatic carboxylic acids is 1. The second-order valence-corrected chi connectivity index (χ2v) is 6.38. The molecule has 1 saturated carbocycles. The molecule has 0 aromatic heterocycles. The summed E-state index contributed by atoms with van der Waals surface area (Å²) in [7, 11) is 1.67. The summed E-state index contributed by atoms with van der Waals surface area (Å²) >= 11 is 0. The largest absolute Gasteiger partial charge is 0.497 e. The molecule has 2 fully saturated rings. The number of methoxy groups -OCH3 is 1. The fourth-order valence-electron chi connectivity index (χ4n) is 3.99. The van der Waals surface area contributed by atoms with E-state index >= 15 is 0 Å². The molecule has 1 aromatic carbocycles. The molecule has 114 valence electrons. The Morgan fingerprint density at radius 2 is 2.19 bits per heavy atom. The molecule has 21 heavy (non-hydrogen) atoms. The predicted molar refractivity (Wildman–Crippen MR) is 80.5 cm³/mol. The lowest BCUT2D eigenvalue weighted by Crippen LogP contribution is -2.36. The minimum Gasteiger partial charge on any atom is -0.497 e. The molecule has 1 aliphatic carbocycles. The number of likely N-dealkylation sites (tertiary alicyclic amines) is 1. The molecule has 2 aliphatic rings. The van der Waals surface area contributed by atoms with Crippen LogP contribution in [-0.2, 0) is 11.2 Å². The Kier molecular flexibility index (Phi) is 3.89. The van der Waals surface area contributed by atoms with Crippen molar-refractivity contribution in [1.29, 1.82) is 0 Å². The summed E-state index contributed by atoms with van der Waals surface area (Å²) in [5.41, 5.74) is 0.817. The first-order valence-corrected chi connectivity index (χ1v) is 7.73. The second kappa shape index (κ2) is 5.68. The van der Waals surface area contributed by atoms with Crippen LogP contribution in [0.5, 0.6) is 5.75 Å². The first-order chi connectivity index (χ1) is 10.1. The van der Waals surface area contributed by atoms with Gasteiger partial charge in [0.15, 0.2) is 0 Å². The van der Waals surface area contributed by atoms with Crippen molar-refractivity contribution in [2.75, 3.05) is 26.7 Å². The fraction of sp³-hybridized carbons (Fsp3) is 0.588. The van der Waals surface area contributed by atoms with E-state index in [-0.39, 0.29) is 0 Å². The molecule has 1 aliphatic heterocycles. The Morgan fingerprint density at radius 1 is 1.43 bits per heavy atom. The van der Waals surface area contributed by atoms with Crippen molar-refractivity contribution >= 4 is 5.97 Å². The van der Waals surface area contributed by atoms with Gasteiger partial charge < -0.3 is 14.7 Å². The molecule has 2 atom stereocenters. The van der Waals surface area contributed by atoms with E-state index in [0.717, 1.165) is 51.1 Å². The Bertz CT molecular complexity index is 513. The van der Waals surface area contributed by atoms with E-state index in [1.54, 1.807) is 7.11 Å². The van der Waals surface area contributed by atoms with Crippen LogP contribution >= 0.6 is 0 Å². The molecule has 0 radical (unpaired) electrons. The Labute approximate surface area is 125 Å². The number of ether oxygens (including phenoxy) is 1. The number of nitrogens with zero attached hydrogens (tertiary/aromatic N) is 1. The monoisotopic (exact) mass is 289 g/mol. The molecule has 3 rings (SSSR count). The number of fused-ring (bicyclic) bond motifs is 1. The van der Waals surface area contributed by atoms with Gasteiger partial charge in [-0.25, -0.2) is 0 Å². The highest BCUT2D eigenvalue weighted by Crippen LogP contribution is 2.48. The third-order valence-electron chi connectivity index (χ3n) is 5.24. The summed E-state index contributed by atoms with van der Waals surface area (Å²) < 4.78 is 5.16. The summed E-state index contributed by atoms with van der Waals surface area (Å²) in [6, 6.07) is 8.13. The van der Waals surface area contributed by atoms with E-state index < -0.39 is 11.4 Å². The molecule has 1 saturated heterocycles. The lowest BCUT2D eigenvalue weighted by Gasteiger charge is -2.23. The average molecular weight is 289 g/mol. The van der Waals surface area contributed by atoms with Crippen LogP contribution in [0.4, 0.5) is 0 Å². The number of carboxylic acid groups (broad SMARTS) is 1. The SMILES string of the molecule is COc1ccc(CCN2C[C@@H]3CCC[C@@]3(C(=O)O)C2)cc1. The van der Waals surface area contributed by atoms with E-state index in [4.69, 9.17) is 4.74 Å². The molecule has 0 bridgehead atoms. The van der Waals surface area contributed by atoms with E-state index in [9.17, 15) is 9.90 Å². The van der Waals surface area contributed by atoms with Crippen molar-refractivity contribution in [2.45, 2.75) is 25.7 Å². The highest BCUT2D eigenvalue weighted by molar-refractivity contribution is 5.76. The number of hydrogen-bond acceptors (Lipinski definition) is 3. The van der Waals surface area contributed by atoms with Crippen molar-refractivity contribution < 1.29 is 14.6 Å². The summed E-state index contributed by atoms with van der Waals surface area (Å²) in [6.07, 6.45) is 3.97. The lowest BCUT2D eigenvalue weighted by molar-refractivity contribution is -0.149. The third-order valence-corrected chi connectivity index (χ3v) is 5.24. The van der Waals surface area contributed by atoms with Gasteiger partial charge in [0, 0.05) is 19.6 Å². The number of carboxylic acids is 1. The number of rotatable bonds is 5. The van der Waals surface area contributed by atoms with Crippen LogP contribution in [0, 0.1) is 11.3 Å². The summed E-state index contributed by atoms with van der Waals surface area (Å²) in [5, 5.41) is 9.59. The zero-order chi connectivity index (χ0) is 14.9. The van der Waals surface area contributed by atoms with Gasteiger partial charge in [0.2, 0.25) is 0 Å². The Balaban J connectivity index is 1.58. The second-order valence-electron chi connectivity index (χ2n) is 6.38. The van der Waals surface area contributed by atoms with Crippen molar-refractivity contribution in [2.24, 2.45) is 11.3 Å². The molecule has 0 spiro atoms. The van der Waals surface area contributed by atoms with Crippen molar-refractivity contribution in [3.05, 3.63) is 29.8 Å². The van der Waals surface area contributed by atoms with Gasteiger partial charge in [-0.15, -0.1) is 0 Å². The third kappa shape index (κ3) is 2.64. The molecule has 4 nitrogen and oxygen atoms in total. The smallest absolute Gasteiger partial charge is 0.311 e. The van der Waals surface area contributed by atoms with Gasteiger partial charge in [0.05, 0.1) is 12.5 Å². The minimum atomic E-state index is -0.586. The Morgan fingerprint density at radius 3 is 2.81 bits per heavy atom. The number of carbonyl (C=O) groups is 1. The van der Waals surface area contributed by atoms with Gasteiger partial charge in [-0.1, -0.05) is 18.6 Å². The fourth-order valence-corrected chi connectivity index (χ4v) is 3.99. The molecule has 1 N–H and O–H groups in total. The van der Waals surface area contributed by atoms with Gasteiger partial charge in [-0.2, -0.15) is 0 Å². The summed E-state index contributed by atoms with van der Waals surface area (Å²) in [6.45, 7) is 2.61. The van der Waals surface area contributed by atoms with Crippen molar-refractivity contribution in [1.82, 2.24) is 4.90 Å². The quantitative estimate of drug-likeness (QED) is 0.904. The van der Waals surface area contributed by atoms with Crippen LogP contribution in [0.15, 0.2) is 24.3 Å². The minimum absolute atomic E-state index is 0.353. The molecule has 4 heteroatoms. The maximum absolute atomic E-state index is 11.7. The highest BCUT2D eigenvalue weighted by Gasteiger charge is 2.54. The van der Waals surface area contributed by atoms with Gasteiger partial charge >= 0.3 is 5.97 Å². The molecule has 1 heterocycles. The van der Waals surface area contributed by atoms with Crippen LogP contribution in [0.25, 0.3) is 0 Å². The maximum Gasteiger partial charge on any atom is 0.311 e. The normalized spacial score (nSPS) is 28.5. The highest BCUT2D eigenvalue weighted by atomic mass is 16.5. The molecule has 0 amide bonds. The number of benzene rings is 1. The van der Waals surface area contributed by atoms with Gasteiger partial charge in [-0.3, -0.25) is 4.79 Å². The summed E-state index contributed by atoms with van der Waals surface area (Å²) in [5.74, 6) is 0.641. The van der Waals surface area contributed by atoms with Crippen molar-refractivity contribution in [3.63, 3.8) is 0 Å². The zero-order valence-electron chi connectivity index (χ0n) is 12.5. The van der Waals surface area contributed by atoms with E-state index in [0.29, 0.717) is 5.92 Å². The maximum atomic E-state index is 11.7. The molecular formula is C17H23NO3. The predicted octanol–water partition coefficient (Wildman–Crippen LogP) is 2.42.